The average Bonchev–Trinajstić information content (AvgIpc) is 2.80. The van der Waals surface area contributed by atoms with Gasteiger partial charge in [0.15, 0.2) is 0 Å². The highest BCUT2D eigenvalue weighted by atomic mass is 35.5. The number of nitrogen functional groups attached to an aromatic ring is 1. The fourth-order valence-corrected chi connectivity index (χ4v) is 4.02. The molecule has 0 spiro atoms. The van der Waals surface area contributed by atoms with Crippen molar-refractivity contribution in [1.82, 2.24) is 9.97 Å². The van der Waals surface area contributed by atoms with Gasteiger partial charge in [-0.2, -0.15) is 4.98 Å². The molecule has 3 aromatic carbocycles. The molecule has 0 saturated carbocycles. The maximum atomic E-state index is 11.2. The molecule has 3 N–H and O–H groups in total. The maximum Gasteiger partial charge on any atom is 0.223 e. The Morgan fingerprint density at radius 2 is 1.22 bits per heavy atom. The van der Waals surface area contributed by atoms with E-state index in [1.807, 2.05) is 66.7 Å². The van der Waals surface area contributed by atoms with Crippen molar-refractivity contribution in [3.05, 3.63) is 118 Å². The molecular formula is C26H25ClN4O. The van der Waals surface area contributed by atoms with Gasteiger partial charge >= 0.3 is 0 Å². The summed E-state index contributed by atoms with van der Waals surface area (Å²) in [5, 5.41) is 11.3. The van der Waals surface area contributed by atoms with Crippen molar-refractivity contribution < 1.29 is 5.11 Å². The van der Waals surface area contributed by atoms with Crippen LogP contribution < -0.4 is 10.6 Å². The molecule has 1 heterocycles. The predicted octanol–water partition coefficient (Wildman–Crippen LogP) is 5.20. The lowest BCUT2D eigenvalue weighted by Crippen LogP contribution is -2.26. The molecule has 4 aromatic rings. The Kier molecular flexibility index (Phi) is 7.00. The summed E-state index contributed by atoms with van der Waals surface area (Å²) in [7, 11) is 0. The fraction of sp³-hybridized carbons (Fsp3) is 0.154. The maximum absolute atomic E-state index is 11.2. The number of anilines is 2. The molecule has 4 rings (SSSR count). The van der Waals surface area contributed by atoms with E-state index in [2.05, 4.69) is 39.1 Å². The van der Waals surface area contributed by atoms with E-state index < -0.39 is 6.10 Å². The molecule has 0 aliphatic heterocycles. The van der Waals surface area contributed by atoms with Crippen LogP contribution in [0.3, 0.4) is 0 Å². The van der Waals surface area contributed by atoms with Crippen LogP contribution in [0.2, 0.25) is 5.15 Å². The monoisotopic (exact) mass is 444 g/mol. The molecule has 0 fully saturated rings. The first-order valence-electron chi connectivity index (χ1n) is 10.5. The topological polar surface area (TPSA) is 75.3 Å². The van der Waals surface area contributed by atoms with Crippen molar-refractivity contribution in [3.63, 3.8) is 0 Å². The summed E-state index contributed by atoms with van der Waals surface area (Å²) in [6.45, 7) is 1.15. The molecule has 5 nitrogen and oxygen atoms in total. The first-order chi connectivity index (χ1) is 15.6. The molecule has 1 aromatic heterocycles. The zero-order valence-electron chi connectivity index (χ0n) is 17.6. The number of hydrogen-bond donors (Lipinski definition) is 2. The molecule has 0 aliphatic rings. The van der Waals surface area contributed by atoms with Crippen LogP contribution in [0, 0.1) is 0 Å². The van der Waals surface area contributed by atoms with Crippen molar-refractivity contribution >= 4 is 23.4 Å². The van der Waals surface area contributed by atoms with Crippen molar-refractivity contribution in [1.29, 1.82) is 0 Å². The molecule has 162 valence electrons. The molecular weight excluding hydrogens is 420 g/mol. The minimum atomic E-state index is -0.880. The zero-order valence-corrected chi connectivity index (χ0v) is 18.4. The third kappa shape index (κ3) is 5.44. The number of nitrogens with two attached hydrogens (primary N) is 1. The zero-order chi connectivity index (χ0) is 22.3. The van der Waals surface area contributed by atoms with E-state index in [-0.39, 0.29) is 11.1 Å². The standard InChI is InChI=1S/C26H25ClN4O/c27-24-23(22(32)16-19-10-4-1-5-11-19)25(30-26(28)29-24)31(17-20-12-6-2-7-13-20)18-21-14-8-3-9-15-21/h1-15,22,32H,16-18H2,(H2,28,29,30). The smallest absolute Gasteiger partial charge is 0.223 e. The van der Waals surface area contributed by atoms with Crippen molar-refractivity contribution in [2.24, 2.45) is 0 Å². The Morgan fingerprint density at radius 1 is 0.750 bits per heavy atom. The van der Waals surface area contributed by atoms with Gasteiger partial charge in [0, 0.05) is 19.5 Å². The van der Waals surface area contributed by atoms with Crippen LogP contribution in [0.5, 0.6) is 0 Å². The van der Waals surface area contributed by atoms with Crippen molar-refractivity contribution in [2.45, 2.75) is 25.6 Å². The van der Waals surface area contributed by atoms with Crippen molar-refractivity contribution in [2.75, 3.05) is 10.6 Å². The second-order valence-electron chi connectivity index (χ2n) is 7.64. The number of hydrogen-bond acceptors (Lipinski definition) is 5. The van der Waals surface area contributed by atoms with E-state index in [9.17, 15) is 5.11 Å². The van der Waals surface area contributed by atoms with Gasteiger partial charge in [0.25, 0.3) is 0 Å². The van der Waals surface area contributed by atoms with E-state index in [4.69, 9.17) is 17.3 Å². The number of rotatable bonds is 8. The minimum absolute atomic E-state index is 0.0757. The van der Waals surface area contributed by atoms with Crippen LogP contribution in [0.25, 0.3) is 0 Å². The summed E-state index contributed by atoms with van der Waals surface area (Å²) >= 11 is 6.53. The number of aliphatic hydroxyl groups is 1. The SMILES string of the molecule is Nc1nc(Cl)c(C(O)Cc2ccccc2)c(N(Cc2ccccc2)Cc2ccccc2)n1. The Labute approximate surface area is 193 Å². The van der Waals surface area contributed by atoms with Gasteiger partial charge in [0.2, 0.25) is 5.95 Å². The van der Waals surface area contributed by atoms with Gasteiger partial charge in [-0.15, -0.1) is 0 Å². The van der Waals surface area contributed by atoms with E-state index in [1.54, 1.807) is 0 Å². The number of benzene rings is 3. The lowest BCUT2D eigenvalue weighted by molar-refractivity contribution is 0.178. The highest BCUT2D eigenvalue weighted by molar-refractivity contribution is 6.30. The number of aliphatic hydroxyl groups excluding tert-OH is 1. The van der Waals surface area contributed by atoms with Crippen LogP contribution >= 0.6 is 11.6 Å². The van der Waals surface area contributed by atoms with Gasteiger partial charge in [-0.25, -0.2) is 4.98 Å². The van der Waals surface area contributed by atoms with Crippen LogP contribution in [0.15, 0.2) is 91.0 Å². The summed E-state index contributed by atoms with van der Waals surface area (Å²) in [5.41, 5.74) is 9.69. The largest absolute Gasteiger partial charge is 0.388 e. The molecule has 0 saturated heterocycles. The Balaban J connectivity index is 1.75. The molecule has 0 aliphatic carbocycles. The van der Waals surface area contributed by atoms with Crippen LogP contribution in [0.4, 0.5) is 11.8 Å². The number of halogens is 1. The van der Waals surface area contributed by atoms with Crippen LogP contribution in [-0.2, 0) is 19.5 Å². The summed E-state index contributed by atoms with van der Waals surface area (Å²) < 4.78 is 0. The molecule has 0 bridgehead atoms. The Bertz CT molecular complexity index is 1100. The van der Waals surface area contributed by atoms with Gasteiger partial charge in [0.1, 0.15) is 11.0 Å². The lowest BCUT2D eigenvalue weighted by atomic mass is 10.0. The van der Waals surface area contributed by atoms with Gasteiger partial charge in [-0.3, -0.25) is 0 Å². The van der Waals surface area contributed by atoms with Crippen LogP contribution in [-0.4, -0.2) is 15.1 Å². The van der Waals surface area contributed by atoms with Gasteiger partial charge in [-0.1, -0.05) is 103 Å². The molecule has 0 amide bonds. The third-order valence-corrected chi connectivity index (χ3v) is 5.52. The summed E-state index contributed by atoms with van der Waals surface area (Å²) in [6, 6.07) is 30.0. The molecule has 6 heteroatoms. The number of aromatic nitrogens is 2. The van der Waals surface area contributed by atoms with E-state index >= 15 is 0 Å². The van der Waals surface area contributed by atoms with Gasteiger partial charge in [0.05, 0.1) is 11.7 Å². The van der Waals surface area contributed by atoms with E-state index in [1.165, 1.54) is 0 Å². The highest BCUT2D eigenvalue weighted by Gasteiger charge is 2.24. The Morgan fingerprint density at radius 3 is 1.72 bits per heavy atom. The van der Waals surface area contributed by atoms with Gasteiger partial charge in [-0.05, 0) is 16.7 Å². The summed E-state index contributed by atoms with van der Waals surface area (Å²) in [4.78, 5) is 10.8. The molecule has 32 heavy (non-hydrogen) atoms. The molecule has 1 atom stereocenters. The third-order valence-electron chi connectivity index (χ3n) is 5.23. The fourth-order valence-electron chi connectivity index (χ4n) is 3.73. The Hall–Kier alpha value is -3.41. The first kappa shape index (κ1) is 21.8. The number of nitrogens with zero attached hydrogens (tertiary/aromatic N) is 3. The highest BCUT2D eigenvalue weighted by Crippen LogP contribution is 2.34. The second-order valence-corrected chi connectivity index (χ2v) is 8.00. The lowest BCUT2D eigenvalue weighted by Gasteiger charge is -2.28. The van der Waals surface area contributed by atoms with Crippen molar-refractivity contribution in [3.8, 4) is 0 Å². The van der Waals surface area contributed by atoms with E-state index in [0.29, 0.717) is 30.9 Å². The first-order valence-corrected chi connectivity index (χ1v) is 10.9. The minimum Gasteiger partial charge on any atom is -0.388 e. The summed E-state index contributed by atoms with van der Waals surface area (Å²) in [5.74, 6) is 0.616. The normalized spacial score (nSPS) is 11.8. The van der Waals surface area contributed by atoms with Crippen LogP contribution in [0.1, 0.15) is 28.4 Å². The average molecular weight is 445 g/mol. The molecule has 1 unspecified atom stereocenters. The molecule has 0 radical (unpaired) electrons. The van der Waals surface area contributed by atoms with E-state index in [0.717, 1.165) is 16.7 Å². The quantitative estimate of drug-likeness (QED) is 0.365. The second kappa shape index (κ2) is 10.3. The summed E-state index contributed by atoms with van der Waals surface area (Å²) in [6.07, 6.45) is -0.486. The predicted molar refractivity (Wildman–Crippen MR) is 129 cm³/mol. The van der Waals surface area contributed by atoms with Gasteiger partial charge < -0.3 is 15.7 Å².